The van der Waals surface area contributed by atoms with Gasteiger partial charge in [0.05, 0.1) is 10.6 Å². The fourth-order valence-electron chi connectivity index (χ4n) is 3.06. The molecule has 0 radical (unpaired) electrons. The molecule has 1 amide bonds. The smallest absolute Gasteiger partial charge is 0.261 e. The number of amides is 1. The van der Waals surface area contributed by atoms with Gasteiger partial charge in [-0.15, -0.1) is 12.4 Å². The van der Waals surface area contributed by atoms with E-state index in [4.69, 9.17) is 5.73 Å². The maximum Gasteiger partial charge on any atom is 0.261 e. The number of sulfonamides is 1. The van der Waals surface area contributed by atoms with Gasteiger partial charge in [0.25, 0.3) is 15.9 Å². The fraction of sp³-hybridized carbons (Fsp3) is 0.316. The zero-order valence-electron chi connectivity index (χ0n) is 15.1. The van der Waals surface area contributed by atoms with Crippen LogP contribution >= 0.6 is 12.4 Å². The molecular formula is C19H24ClN3O3S. The Bertz CT molecular complexity index is 901. The second-order valence-electron chi connectivity index (χ2n) is 6.59. The number of carbonyl (C=O) groups excluding carboxylic acids is 1. The maximum atomic E-state index is 12.6. The van der Waals surface area contributed by atoms with Crippen LogP contribution in [0.5, 0.6) is 0 Å². The van der Waals surface area contributed by atoms with E-state index in [1.807, 2.05) is 19.1 Å². The molecule has 2 aromatic carbocycles. The fourth-order valence-corrected chi connectivity index (χ4v) is 4.19. The summed E-state index contributed by atoms with van der Waals surface area (Å²) in [5.74, 6) is 0.258. The number of halogens is 1. The number of nitrogens with two attached hydrogens (primary N) is 1. The molecule has 3 rings (SSSR count). The van der Waals surface area contributed by atoms with Gasteiger partial charge in [0.1, 0.15) is 0 Å². The van der Waals surface area contributed by atoms with Gasteiger partial charge in [-0.25, -0.2) is 8.42 Å². The van der Waals surface area contributed by atoms with E-state index in [1.54, 1.807) is 29.2 Å². The van der Waals surface area contributed by atoms with Crippen molar-refractivity contribution in [2.45, 2.75) is 18.2 Å². The molecule has 2 aromatic rings. The Kier molecular flexibility index (Phi) is 6.86. The summed E-state index contributed by atoms with van der Waals surface area (Å²) in [6, 6.07) is 13.2. The zero-order chi connectivity index (χ0) is 18.7. The minimum atomic E-state index is -3.70. The average Bonchev–Trinajstić information content (AvgIpc) is 3.12. The summed E-state index contributed by atoms with van der Waals surface area (Å²) in [5.41, 5.74) is 7.53. The number of nitrogens with one attached hydrogen (secondary N) is 1. The molecule has 3 N–H and O–H groups in total. The van der Waals surface area contributed by atoms with Gasteiger partial charge in [0, 0.05) is 18.7 Å². The highest BCUT2D eigenvalue weighted by Crippen LogP contribution is 2.21. The van der Waals surface area contributed by atoms with Crippen molar-refractivity contribution >= 4 is 34.0 Å². The van der Waals surface area contributed by atoms with Crippen LogP contribution in [0.15, 0.2) is 53.4 Å². The Labute approximate surface area is 166 Å². The second kappa shape index (κ2) is 8.73. The first kappa shape index (κ1) is 21.2. The number of hydrogen-bond donors (Lipinski definition) is 2. The molecule has 27 heavy (non-hydrogen) atoms. The van der Waals surface area contributed by atoms with Crippen molar-refractivity contribution in [3.05, 3.63) is 59.7 Å². The lowest BCUT2D eigenvalue weighted by atomic mass is 10.1. The van der Waals surface area contributed by atoms with E-state index >= 15 is 0 Å². The lowest BCUT2D eigenvalue weighted by molar-refractivity contribution is 0.0787. The number of nitrogens with zero attached hydrogens (tertiary/aromatic N) is 1. The Morgan fingerprint density at radius 1 is 1.19 bits per heavy atom. The first-order valence-electron chi connectivity index (χ1n) is 8.58. The first-order chi connectivity index (χ1) is 12.4. The SMILES string of the molecule is Cc1ccccc1NS(=O)(=O)c1ccc(C(=O)N2CCC(CN)C2)cc1.Cl. The third kappa shape index (κ3) is 4.80. The summed E-state index contributed by atoms with van der Waals surface area (Å²) in [6.45, 7) is 3.76. The number of aryl methyl sites for hydroxylation is 1. The van der Waals surface area contributed by atoms with Crippen molar-refractivity contribution in [3.8, 4) is 0 Å². The minimum absolute atomic E-state index is 0. The molecule has 1 aliphatic rings. The van der Waals surface area contributed by atoms with Crippen molar-refractivity contribution in [3.63, 3.8) is 0 Å². The topological polar surface area (TPSA) is 92.5 Å². The molecular weight excluding hydrogens is 386 g/mol. The van der Waals surface area contributed by atoms with E-state index in [2.05, 4.69) is 4.72 Å². The van der Waals surface area contributed by atoms with Crippen LogP contribution in [-0.2, 0) is 10.0 Å². The zero-order valence-corrected chi connectivity index (χ0v) is 16.7. The standard InChI is InChI=1S/C19H23N3O3S.ClH/c1-14-4-2-3-5-18(14)21-26(24,25)17-8-6-16(7-9-17)19(23)22-11-10-15(12-20)13-22;/h2-9,15,21H,10-13,20H2,1H3;1H. The van der Waals surface area contributed by atoms with E-state index < -0.39 is 10.0 Å². The van der Waals surface area contributed by atoms with E-state index in [0.717, 1.165) is 12.0 Å². The molecule has 6 nitrogen and oxygen atoms in total. The summed E-state index contributed by atoms with van der Waals surface area (Å²) < 4.78 is 27.7. The third-order valence-corrected chi connectivity index (χ3v) is 6.09. The third-order valence-electron chi connectivity index (χ3n) is 4.71. The van der Waals surface area contributed by atoms with E-state index in [1.165, 1.54) is 12.1 Å². The van der Waals surface area contributed by atoms with Gasteiger partial charge >= 0.3 is 0 Å². The number of anilines is 1. The molecule has 0 saturated carbocycles. The maximum absolute atomic E-state index is 12.6. The molecule has 1 unspecified atom stereocenters. The lowest BCUT2D eigenvalue weighted by Gasteiger charge is -2.16. The van der Waals surface area contributed by atoms with E-state index in [0.29, 0.717) is 36.8 Å². The lowest BCUT2D eigenvalue weighted by Crippen LogP contribution is -2.29. The largest absolute Gasteiger partial charge is 0.338 e. The number of para-hydroxylation sites is 1. The van der Waals surface area contributed by atoms with Gasteiger partial charge in [0.15, 0.2) is 0 Å². The van der Waals surface area contributed by atoms with Crippen LogP contribution in [0, 0.1) is 12.8 Å². The predicted molar refractivity (Wildman–Crippen MR) is 109 cm³/mol. The van der Waals surface area contributed by atoms with Crippen LogP contribution in [0.3, 0.4) is 0 Å². The molecule has 1 aliphatic heterocycles. The highest BCUT2D eigenvalue weighted by molar-refractivity contribution is 7.92. The van der Waals surface area contributed by atoms with Crippen LogP contribution < -0.4 is 10.5 Å². The quantitative estimate of drug-likeness (QED) is 0.793. The Balaban J connectivity index is 0.00000261. The molecule has 0 aliphatic carbocycles. The minimum Gasteiger partial charge on any atom is -0.338 e. The first-order valence-corrected chi connectivity index (χ1v) is 10.1. The van der Waals surface area contributed by atoms with Crippen molar-refractivity contribution in [2.75, 3.05) is 24.4 Å². The monoisotopic (exact) mass is 409 g/mol. The molecule has 1 heterocycles. The average molecular weight is 410 g/mol. The second-order valence-corrected chi connectivity index (χ2v) is 8.27. The van der Waals surface area contributed by atoms with E-state index in [9.17, 15) is 13.2 Å². The number of hydrogen-bond acceptors (Lipinski definition) is 4. The van der Waals surface area contributed by atoms with E-state index in [-0.39, 0.29) is 23.2 Å². The van der Waals surface area contributed by atoms with Gasteiger partial charge in [-0.05, 0) is 61.7 Å². The van der Waals surface area contributed by atoms with Crippen LogP contribution in [0.2, 0.25) is 0 Å². The number of rotatable bonds is 5. The number of carbonyl (C=O) groups is 1. The van der Waals surface area contributed by atoms with Crippen LogP contribution in [0.25, 0.3) is 0 Å². The molecule has 8 heteroatoms. The summed E-state index contributed by atoms with van der Waals surface area (Å²) in [7, 11) is -3.70. The number of benzene rings is 2. The Morgan fingerprint density at radius 2 is 1.85 bits per heavy atom. The molecule has 0 bridgehead atoms. The Hall–Kier alpha value is -2.09. The Morgan fingerprint density at radius 3 is 2.44 bits per heavy atom. The number of likely N-dealkylation sites (tertiary alicyclic amines) is 1. The molecule has 0 spiro atoms. The van der Waals surface area contributed by atoms with Crippen molar-refractivity contribution in [2.24, 2.45) is 11.7 Å². The van der Waals surface area contributed by atoms with Gasteiger partial charge in [-0.1, -0.05) is 18.2 Å². The van der Waals surface area contributed by atoms with Crippen molar-refractivity contribution < 1.29 is 13.2 Å². The van der Waals surface area contributed by atoms with Crippen molar-refractivity contribution in [1.82, 2.24) is 4.90 Å². The highest BCUT2D eigenvalue weighted by Gasteiger charge is 2.26. The normalized spacial score (nSPS) is 16.7. The van der Waals surface area contributed by atoms with Crippen LogP contribution in [0.1, 0.15) is 22.3 Å². The molecule has 0 aromatic heterocycles. The molecule has 146 valence electrons. The van der Waals surface area contributed by atoms with Gasteiger partial charge in [0.2, 0.25) is 0 Å². The molecule has 1 saturated heterocycles. The summed E-state index contributed by atoms with van der Waals surface area (Å²) >= 11 is 0. The van der Waals surface area contributed by atoms with Crippen LogP contribution in [0.4, 0.5) is 5.69 Å². The molecule has 1 atom stereocenters. The van der Waals surface area contributed by atoms with Crippen molar-refractivity contribution in [1.29, 1.82) is 0 Å². The van der Waals surface area contributed by atoms with Gasteiger partial charge in [-0.3, -0.25) is 9.52 Å². The molecule has 1 fully saturated rings. The summed E-state index contributed by atoms with van der Waals surface area (Å²) in [4.78, 5) is 14.4. The van der Waals surface area contributed by atoms with Crippen LogP contribution in [-0.4, -0.2) is 38.9 Å². The summed E-state index contributed by atoms with van der Waals surface area (Å²) in [5, 5.41) is 0. The summed E-state index contributed by atoms with van der Waals surface area (Å²) in [6.07, 6.45) is 0.912. The predicted octanol–water partition coefficient (Wildman–Crippen LogP) is 2.64. The highest BCUT2D eigenvalue weighted by atomic mass is 35.5. The van der Waals surface area contributed by atoms with Gasteiger partial charge in [-0.2, -0.15) is 0 Å². The van der Waals surface area contributed by atoms with Gasteiger partial charge < -0.3 is 10.6 Å².